The first-order valence-corrected chi connectivity index (χ1v) is 4.39. The van der Waals surface area contributed by atoms with Crippen LogP contribution in [0.1, 0.15) is 32.6 Å². The summed E-state index contributed by atoms with van der Waals surface area (Å²) >= 11 is 0. The highest BCUT2D eigenvalue weighted by atomic mass is 16.5. The van der Waals surface area contributed by atoms with Crippen molar-refractivity contribution in [1.82, 2.24) is 0 Å². The van der Waals surface area contributed by atoms with Crippen molar-refractivity contribution >= 4 is 0 Å². The molecule has 0 aromatic heterocycles. The number of rotatable bonds is 0. The molecule has 1 heteroatoms. The largest absolute Gasteiger partial charge is 0.381 e. The molecular weight excluding hydrogens is 124 g/mol. The molecule has 0 amide bonds. The molecule has 1 heterocycles. The molecule has 2 fully saturated rings. The molecule has 10 heavy (non-hydrogen) atoms. The molecule has 2 atom stereocenters. The van der Waals surface area contributed by atoms with Gasteiger partial charge in [-0.15, -0.1) is 0 Å². The molecule has 1 nitrogen and oxygen atoms in total. The van der Waals surface area contributed by atoms with Crippen LogP contribution in [0.25, 0.3) is 0 Å². The highest BCUT2D eigenvalue weighted by Crippen LogP contribution is 2.46. The number of hydrogen-bond acceptors (Lipinski definition) is 1. The maximum Gasteiger partial charge on any atom is 0.0523 e. The monoisotopic (exact) mass is 140 g/mol. The summed E-state index contributed by atoms with van der Waals surface area (Å²) in [6.45, 7) is 4.44. The van der Waals surface area contributed by atoms with Crippen LogP contribution in [0, 0.1) is 11.3 Å². The molecule has 0 radical (unpaired) electrons. The second kappa shape index (κ2) is 2.23. The van der Waals surface area contributed by atoms with Crippen molar-refractivity contribution in [3.05, 3.63) is 0 Å². The van der Waals surface area contributed by atoms with Gasteiger partial charge in [-0.3, -0.25) is 0 Å². The first-order valence-electron chi connectivity index (χ1n) is 4.39. The van der Waals surface area contributed by atoms with Crippen molar-refractivity contribution in [2.45, 2.75) is 32.6 Å². The maximum absolute atomic E-state index is 5.43. The molecule has 0 aromatic carbocycles. The van der Waals surface area contributed by atoms with Gasteiger partial charge in [-0.2, -0.15) is 0 Å². The van der Waals surface area contributed by atoms with E-state index in [1.165, 1.54) is 25.7 Å². The Balaban J connectivity index is 2.03. The SMILES string of the molecule is C[C@@H]1CCC2(CCOC2)C1. The summed E-state index contributed by atoms with van der Waals surface area (Å²) in [7, 11) is 0. The van der Waals surface area contributed by atoms with E-state index in [9.17, 15) is 0 Å². The van der Waals surface area contributed by atoms with Gasteiger partial charge in [0.1, 0.15) is 0 Å². The Kier molecular flexibility index (Phi) is 1.48. The van der Waals surface area contributed by atoms with Gasteiger partial charge >= 0.3 is 0 Å². The lowest BCUT2D eigenvalue weighted by atomic mass is 9.85. The molecule has 2 aliphatic rings. The van der Waals surface area contributed by atoms with Gasteiger partial charge in [0, 0.05) is 6.61 Å². The van der Waals surface area contributed by atoms with Crippen molar-refractivity contribution in [3.8, 4) is 0 Å². The second-order valence-corrected chi connectivity index (χ2v) is 4.15. The molecule has 0 aromatic rings. The fourth-order valence-corrected chi connectivity index (χ4v) is 2.50. The van der Waals surface area contributed by atoms with Crippen molar-refractivity contribution in [1.29, 1.82) is 0 Å². The third-order valence-corrected chi connectivity index (χ3v) is 3.13. The molecule has 1 unspecified atom stereocenters. The summed E-state index contributed by atoms with van der Waals surface area (Å²) in [5, 5.41) is 0. The van der Waals surface area contributed by atoms with Gasteiger partial charge in [0.25, 0.3) is 0 Å². The highest BCUT2D eigenvalue weighted by molar-refractivity contribution is 4.90. The van der Waals surface area contributed by atoms with E-state index in [0.29, 0.717) is 5.41 Å². The Labute approximate surface area is 62.8 Å². The summed E-state index contributed by atoms with van der Waals surface area (Å²) < 4.78 is 5.43. The minimum absolute atomic E-state index is 0.638. The first-order chi connectivity index (χ1) is 4.81. The minimum Gasteiger partial charge on any atom is -0.381 e. The Morgan fingerprint density at radius 3 is 2.80 bits per heavy atom. The minimum atomic E-state index is 0.638. The Morgan fingerprint density at radius 2 is 2.30 bits per heavy atom. The van der Waals surface area contributed by atoms with E-state index in [1.54, 1.807) is 0 Å². The third-order valence-electron chi connectivity index (χ3n) is 3.13. The lowest BCUT2D eigenvalue weighted by Gasteiger charge is -2.19. The van der Waals surface area contributed by atoms with E-state index in [2.05, 4.69) is 6.92 Å². The summed E-state index contributed by atoms with van der Waals surface area (Å²) in [6.07, 6.45) is 5.61. The van der Waals surface area contributed by atoms with Gasteiger partial charge in [-0.05, 0) is 30.6 Å². The van der Waals surface area contributed by atoms with Crippen molar-refractivity contribution in [2.75, 3.05) is 13.2 Å². The second-order valence-electron chi connectivity index (χ2n) is 4.15. The van der Waals surface area contributed by atoms with Crippen LogP contribution in [-0.4, -0.2) is 13.2 Å². The summed E-state index contributed by atoms with van der Waals surface area (Å²) in [4.78, 5) is 0. The normalized spacial score (nSPS) is 47.1. The zero-order valence-corrected chi connectivity index (χ0v) is 6.73. The fraction of sp³-hybridized carbons (Fsp3) is 1.00. The molecule has 1 spiro atoms. The van der Waals surface area contributed by atoms with Gasteiger partial charge in [-0.25, -0.2) is 0 Å². The van der Waals surface area contributed by atoms with E-state index in [0.717, 1.165) is 19.1 Å². The fourth-order valence-electron chi connectivity index (χ4n) is 2.50. The van der Waals surface area contributed by atoms with E-state index >= 15 is 0 Å². The molecule has 1 saturated carbocycles. The van der Waals surface area contributed by atoms with Crippen molar-refractivity contribution < 1.29 is 4.74 Å². The quantitative estimate of drug-likeness (QED) is 0.501. The van der Waals surface area contributed by atoms with Crippen LogP contribution >= 0.6 is 0 Å². The van der Waals surface area contributed by atoms with Gasteiger partial charge in [0.2, 0.25) is 0 Å². The topological polar surface area (TPSA) is 9.23 Å². The van der Waals surface area contributed by atoms with Gasteiger partial charge < -0.3 is 4.74 Å². The Bertz CT molecular complexity index is 125. The van der Waals surface area contributed by atoms with Crippen LogP contribution in [-0.2, 0) is 4.74 Å². The summed E-state index contributed by atoms with van der Waals surface area (Å²) in [6, 6.07) is 0. The molecular formula is C9H16O. The van der Waals surface area contributed by atoms with Crippen LogP contribution in [0.4, 0.5) is 0 Å². The number of hydrogen-bond donors (Lipinski definition) is 0. The average Bonchev–Trinajstić information content (AvgIpc) is 2.46. The molecule has 1 aliphatic carbocycles. The van der Waals surface area contributed by atoms with Crippen molar-refractivity contribution in [2.24, 2.45) is 11.3 Å². The average molecular weight is 140 g/mol. The lowest BCUT2D eigenvalue weighted by Crippen LogP contribution is -2.15. The van der Waals surface area contributed by atoms with Crippen LogP contribution < -0.4 is 0 Å². The van der Waals surface area contributed by atoms with Crippen molar-refractivity contribution in [3.63, 3.8) is 0 Å². The molecule has 1 saturated heterocycles. The Hall–Kier alpha value is -0.0400. The standard InChI is InChI=1S/C9H16O/c1-8-2-3-9(6-8)4-5-10-7-9/h8H,2-7H2,1H3/t8-,9?/m1/s1. The van der Waals surface area contributed by atoms with E-state index in [-0.39, 0.29) is 0 Å². The first kappa shape index (κ1) is 6.66. The molecule has 58 valence electrons. The molecule has 2 rings (SSSR count). The zero-order chi connectivity index (χ0) is 7.03. The summed E-state index contributed by atoms with van der Waals surface area (Å²) in [5.41, 5.74) is 0.638. The van der Waals surface area contributed by atoms with Gasteiger partial charge in [0.05, 0.1) is 6.61 Å². The molecule has 0 bridgehead atoms. The van der Waals surface area contributed by atoms with E-state index < -0.39 is 0 Å². The van der Waals surface area contributed by atoms with Crippen LogP contribution in [0.3, 0.4) is 0 Å². The zero-order valence-electron chi connectivity index (χ0n) is 6.73. The van der Waals surface area contributed by atoms with Crippen LogP contribution in [0.5, 0.6) is 0 Å². The predicted molar refractivity (Wildman–Crippen MR) is 40.9 cm³/mol. The lowest BCUT2D eigenvalue weighted by molar-refractivity contribution is 0.152. The van der Waals surface area contributed by atoms with E-state index in [1.807, 2.05) is 0 Å². The highest BCUT2D eigenvalue weighted by Gasteiger charge is 2.40. The van der Waals surface area contributed by atoms with E-state index in [4.69, 9.17) is 4.74 Å². The molecule has 1 aliphatic heterocycles. The Morgan fingerprint density at radius 1 is 1.40 bits per heavy atom. The van der Waals surface area contributed by atoms with Gasteiger partial charge in [-0.1, -0.05) is 13.3 Å². The smallest absolute Gasteiger partial charge is 0.0523 e. The van der Waals surface area contributed by atoms with Crippen LogP contribution in [0.2, 0.25) is 0 Å². The van der Waals surface area contributed by atoms with Crippen LogP contribution in [0.15, 0.2) is 0 Å². The third kappa shape index (κ3) is 0.968. The maximum atomic E-state index is 5.43. The number of ether oxygens (including phenoxy) is 1. The predicted octanol–water partition coefficient (Wildman–Crippen LogP) is 2.21. The summed E-state index contributed by atoms with van der Waals surface area (Å²) in [5.74, 6) is 0.960. The molecule has 0 N–H and O–H groups in total. The van der Waals surface area contributed by atoms with Gasteiger partial charge in [0.15, 0.2) is 0 Å².